The Morgan fingerprint density at radius 3 is 2.20 bits per heavy atom. The fraction of sp³-hybridized carbons (Fsp3) is 0.130. The molecule has 4 rings (SSSR count). The van der Waals surface area contributed by atoms with Crippen LogP contribution in [0.2, 0.25) is 0 Å². The third-order valence-corrected chi connectivity index (χ3v) is 4.63. The average Bonchev–Trinajstić information content (AvgIpc) is 2.73. The molecule has 4 nitrogen and oxygen atoms in total. The molecule has 30 heavy (non-hydrogen) atoms. The summed E-state index contributed by atoms with van der Waals surface area (Å²) < 4.78 is 45.1. The molecule has 0 radical (unpaired) electrons. The van der Waals surface area contributed by atoms with Gasteiger partial charge in [0.2, 0.25) is 0 Å². The van der Waals surface area contributed by atoms with Gasteiger partial charge in [0.1, 0.15) is 6.10 Å². The van der Waals surface area contributed by atoms with E-state index in [2.05, 4.69) is 9.97 Å². The van der Waals surface area contributed by atoms with Gasteiger partial charge in [0.25, 0.3) is 5.88 Å². The highest BCUT2D eigenvalue weighted by Gasteiger charge is 2.34. The summed E-state index contributed by atoms with van der Waals surface area (Å²) in [5.41, 5.74) is 2.35. The minimum Gasteiger partial charge on any atom is -0.465 e. The second-order valence-electron chi connectivity index (χ2n) is 6.80. The molecule has 1 N–H and O–H groups in total. The van der Waals surface area contributed by atoms with E-state index in [0.29, 0.717) is 16.6 Å². The Hall–Kier alpha value is -3.61. The van der Waals surface area contributed by atoms with Crippen molar-refractivity contribution in [3.8, 4) is 17.0 Å². The van der Waals surface area contributed by atoms with Crippen LogP contribution in [0.25, 0.3) is 22.2 Å². The van der Waals surface area contributed by atoms with Gasteiger partial charge in [0.05, 0.1) is 17.5 Å². The lowest BCUT2D eigenvalue weighted by molar-refractivity contribution is -0.151. The molecule has 1 unspecified atom stereocenters. The maximum atomic E-state index is 13.2. The van der Waals surface area contributed by atoms with Crippen molar-refractivity contribution in [3.63, 3.8) is 0 Å². The number of nitrogens with one attached hydrogen (secondary N) is 1. The number of alkyl halides is 3. The molecule has 4 aromatic rings. The van der Waals surface area contributed by atoms with Crippen LogP contribution in [0.4, 0.5) is 13.2 Å². The maximum absolute atomic E-state index is 13.2. The van der Waals surface area contributed by atoms with Gasteiger partial charge in [-0.2, -0.15) is 13.2 Å². The quantitative estimate of drug-likeness (QED) is 0.462. The highest BCUT2D eigenvalue weighted by Crippen LogP contribution is 2.33. The summed E-state index contributed by atoms with van der Waals surface area (Å²) in [6, 6.07) is 22.8. The molecule has 0 aliphatic rings. The Morgan fingerprint density at radius 2 is 1.50 bits per heavy atom. The molecule has 0 amide bonds. The Balaban J connectivity index is 1.67. The number of nitrogens with zero attached hydrogens (tertiary/aromatic N) is 1. The van der Waals surface area contributed by atoms with Gasteiger partial charge in [-0.1, -0.05) is 66.7 Å². The summed E-state index contributed by atoms with van der Waals surface area (Å²) in [6.45, 7) is 0. The summed E-state index contributed by atoms with van der Waals surface area (Å²) in [6.07, 6.45) is -7.12. The third kappa shape index (κ3) is 4.51. The predicted octanol–water partition coefficient (Wildman–Crippen LogP) is 5.66. The van der Waals surface area contributed by atoms with Crippen molar-refractivity contribution < 1.29 is 17.9 Å². The molecule has 3 aromatic carbocycles. The van der Waals surface area contributed by atoms with Crippen LogP contribution in [0.3, 0.4) is 0 Å². The third-order valence-electron chi connectivity index (χ3n) is 4.63. The number of aromatic nitrogens is 2. The van der Waals surface area contributed by atoms with Gasteiger partial charge >= 0.3 is 11.7 Å². The van der Waals surface area contributed by atoms with Gasteiger partial charge in [-0.25, -0.2) is 4.98 Å². The van der Waals surface area contributed by atoms with Crippen LogP contribution in [0.1, 0.15) is 18.1 Å². The van der Waals surface area contributed by atoms with Gasteiger partial charge in [-0.15, -0.1) is 0 Å². The van der Waals surface area contributed by atoms with Crippen molar-refractivity contribution in [2.24, 2.45) is 0 Å². The zero-order valence-electron chi connectivity index (χ0n) is 15.7. The van der Waals surface area contributed by atoms with Crippen LogP contribution in [-0.4, -0.2) is 16.1 Å². The standard InChI is InChI=1S/C23H17F3N2O2/c24-23(25,26)14-20(17-12-10-16(11-13-17)15-6-2-1-3-7-15)30-22-21(29)27-18-8-4-5-9-19(18)28-22/h1-13,20H,14H2,(H,27,29). The van der Waals surface area contributed by atoms with Gasteiger partial charge in [0.15, 0.2) is 0 Å². The van der Waals surface area contributed by atoms with E-state index in [1.165, 1.54) is 0 Å². The molecular weight excluding hydrogens is 393 g/mol. The largest absolute Gasteiger partial charge is 0.465 e. The van der Waals surface area contributed by atoms with Crippen molar-refractivity contribution in [2.45, 2.75) is 18.7 Å². The Kier molecular flexibility index (Phi) is 5.27. The van der Waals surface area contributed by atoms with E-state index in [1.54, 1.807) is 48.5 Å². The SMILES string of the molecule is O=c1[nH]c2ccccc2nc1OC(CC(F)(F)F)c1ccc(-c2ccccc2)cc1. The zero-order valence-corrected chi connectivity index (χ0v) is 15.7. The van der Waals surface area contributed by atoms with Crippen LogP contribution in [0, 0.1) is 0 Å². The van der Waals surface area contributed by atoms with Gasteiger partial charge in [0, 0.05) is 0 Å². The van der Waals surface area contributed by atoms with Crippen LogP contribution < -0.4 is 10.3 Å². The molecule has 0 bridgehead atoms. The van der Waals surface area contributed by atoms with Crippen LogP contribution in [-0.2, 0) is 0 Å². The molecule has 1 atom stereocenters. The molecule has 0 aliphatic heterocycles. The lowest BCUT2D eigenvalue weighted by atomic mass is 10.0. The fourth-order valence-corrected chi connectivity index (χ4v) is 3.19. The van der Waals surface area contributed by atoms with E-state index in [4.69, 9.17) is 4.74 Å². The monoisotopic (exact) mass is 410 g/mol. The highest BCUT2D eigenvalue weighted by molar-refractivity contribution is 5.74. The summed E-state index contributed by atoms with van der Waals surface area (Å²) >= 11 is 0. The maximum Gasteiger partial charge on any atom is 0.392 e. The first-order chi connectivity index (χ1) is 14.4. The number of rotatable bonds is 5. The van der Waals surface area contributed by atoms with Crippen molar-refractivity contribution >= 4 is 11.0 Å². The molecule has 0 saturated carbocycles. The molecule has 0 saturated heterocycles. The number of fused-ring (bicyclic) bond motifs is 1. The van der Waals surface area contributed by atoms with Gasteiger partial charge in [-0.05, 0) is 28.8 Å². The lowest BCUT2D eigenvalue weighted by Gasteiger charge is -2.20. The Labute approximate surface area is 170 Å². The molecule has 0 aliphatic carbocycles. The van der Waals surface area contributed by atoms with Crippen LogP contribution >= 0.6 is 0 Å². The van der Waals surface area contributed by atoms with E-state index in [0.717, 1.165) is 11.1 Å². The number of benzene rings is 3. The molecule has 1 aromatic heterocycles. The van der Waals surface area contributed by atoms with Crippen molar-refractivity contribution in [2.75, 3.05) is 0 Å². The first-order valence-corrected chi connectivity index (χ1v) is 9.27. The second kappa shape index (κ2) is 8.02. The van der Waals surface area contributed by atoms with Gasteiger partial charge in [-0.3, -0.25) is 4.79 Å². The first-order valence-electron chi connectivity index (χ1n) is 9.27. The topological polar surface area (TPSA) is 55.0 Å². The minimum absolute atomic E-state index is 0.307. The van der Waals surface area contributed by atoms with E-state index in [1.807, 2.05) is 30.3 Å². The van der Waals surface area contributed by atoms with E-state index in [-0.39, 0.29) is 0 Å². The van der Waals surface area contributed by atoms with Crippen molar-refractivity contribution in [1.29, 1.82) is 0 Å². The number of H-pyrrole nitrogens is 1. The van der Waals surface area contributed by atoms with E-state index < -0.39 is 30.1 Å². The average molecular weight is 410 g/mol. The van der Waals surface area contributed by atoms with Gasteiger partial charge < -0.3 is 9.72 Å². The second-order valence-corrected chi connectivity index (χ2v) is 6.80. The number of hydrogen-bond donors (Lipinski definition) is 1. The van der Waals surface area contributed by atoms with Crippen molar-refractivity contribution in [3.05, 3.63) is 94.8 Å². The molecule has 1 heterocycles. The molecule has 0 spiro atoms. The predicted molar refractivity (Wildman–Crippen MR) is 108 cm³/mol. The molecular formula is C23H17F3N2O2. The van der Waals surface area contributed by atoms with Crippen LogP contribution in [0.15, 0.2) is 83.7 Å². The fourth-order valence-electron chi connectivity index (χ4n) is 3.19. The Morgan fingerprint density at radius 1 is 0.867 bits per heavy atom. The number of aromatic amines is 1. The molecule has 0 fully saturated rings. The number of hydrogen-bond acceptors (Lipinski definition) is 3. The zero-order chi connectivity index (χ0) is 21.1. The summed E-state index contributed by atoms with van der Waals surface area (Å²) in [4.78, 5) is 19.0. The highest BCUT2D eigenvalue weighted by atomic mass is 19.4. The smallest absolute Gasteiger partial charge is 0.392 e. The lowest BCUT2D eigenvalue weighted by Crippen LogP contribution is -2.22. The number of ether oxygens (including phenoxy) is 1. The van der Waals surface area contributed by atoms with E-state index >= 15 is 0 Å². The van der Waals surface area contributed by atoms with Crippen molar-refractivity contribution in [1.82, 2.24) is 9.97 Å². The molecule has 7 heteroatoms. The normalized spacial score (nSPS) is 12.6. The summed E-state index contributed by atoms with van der Waals surface area (Å²) in [7, 11) is 0. The van der Waals surface area contributed by atoms with Crippen LogP contribution in [0.5, 0.6) is 5.88 Å². The summed E-state index contributed by atoms with van der Waals surface area (Å²) in [5, 5.41) is 0. The number of para-hydroxylation sites is 2. The minimum atomic E-state index is -4.48. The molecule has 152 valence electrons. The number of halogens is 3. The van der Waals surface area contributed by atoms with E-state index in [9.17, 15) is 18.0 Å². The summed E-state index contributed by atoms with van der Waals surface area (Å²) in [5.74, 6) is -0.393. The Bertz CT molecular complexity index is 1200. The first kappa shape index (κ1) is 19.7.